The summed E-state index contributed by atoms with van der Waals surface area (Å²) in [5.41, 5.74) is 0. The van der Waals surface area contributed by atoms with E-state index in [1.807, 2.05) is 20.8 Å². The van der Waals surface area contributed by atoms with Crippen LogP contribution < -0.4 is 0 Å². The van der Waals surface area contributed by atoms with Crippen LogP contribution in [0, 0.1) is 11.8 Å². The molecule has 0 aromatic carbocycles. The Bertz CT molecular complexity index is 557. The second kappa shape index (κ2) is 13.3. The van der Waals surface area contributed by atoms with Crippen LogP contribution in [-0.2, 0) is 23.1 Å². The van der Waals surface area contributed by atoms with Gasteiger partial charge in [0, 0.05) is 0 Å². The SMILES string of the molecule is CCOP(=O)(CC[Se][C@@H]1CC(=O)O[C@@H](C)CCC/C=C/C2CCCC2C1)OCC. The van der Waals surface area contributed by atoms with E-state index >= 15 is 0 Å². The van der Waals surface area contributed by atoms with Crippen LogP contribution in [-0.4, -0.2) is 46.4 Å². The number of carbonyl (C=O) groups excluding carboxylic acids is 1. The number of rotatable bonds is 8. The Balaban J connectivity index is 2.00. The van der Waals surface area contributed by atoms with Crippen molar-refractivity contribution in [1.29, 1.82) is 0 Å². The van der Waals surface area contributed by atoms with Gasteiger partial charge in [0.2, 0.25) is 0 Å². The van der Waals surface area contributed by atoms with E-state index in [1.54, 1.807) is 0 Å². The molecule has 7 heteroatoms. The van der Waals surface area contributed by atoms with Crippen molar-refractivity contribution in [3.63, 3.8) is 0 Å². The molecule has 0 amide bonds. The fraction of sp³-hybridized carbons (Fsp3) is 0.864. The Labute approximate surface area is 183 Å². The molecule has 5 nitrogen and oxygen atoms in total. The number of allylic oxidation sites excluding steroid dienone is 2. The molecule has 1 heterocycles. The average molecular weight is 493 g/mol. The molecule has 29 heavy (non-hydrogen) atoms. The van der Waals surface area contributed by atoms with Gasteiger partial charge in [-0.25, -0.2) is 0 Å². The predicted octanol–water partition coefficient (Wildman–Crippen LogP) is 6.03. The first-order chi connectivity index (χ1) is 14.0. The molecule has 0 spiro atoms. The normalized spacial score (nSPS) is 30.5. The van der Waals surface area contributed by atoms with E-state index in [4.69, 9.17) is 13.8 Å². The van der Waals surface area contributed by atoms with Crippen molar-refractivity contribution in [3.05, 3.63) is 12.2 Å². The summed E-state index contributed by atoms with van der Waals surface area (Å²) >= 11 is 0.211. The van der Waals surface area contributed by atoms with Crippen molar-refractivity contribution in [2.75, 3.05) is 19.4 Å². The molecular weight excluding hydrogens is 454 g/mol. The standard InChI is InChI=1S/C22H39O5PSe/c1-4-25-28(24,26-5-2)14-15-29-21-16-20-13-9-12-19(20)11-8-6-7-10-18(3)27-22(23)17-21/h8,11,18-21H,4-7,9-10,12-17H2,1-3H3/b11-8+/t18-,19?,20?,21-/m0/s1. The summed E-state index contributed by atoms with van der Waals surface area (Å²) in [7, 11) is -3.00. The number of carbonyl (C=O) groups is 1. The predicted molar refractivity (Wildman–Crippen MR) is 119 cm³/mol. The maximum atomic E-state index is 12.8. The molecule has 4 atom stereocenters. The van der Waals surface area contributed by atoms with Crippen LogP contribution in [0.3, 0.4) is 0 Å². The molecule has 1 saturated carbocycles. The zero-order valence-electron chi connectivity index (χ0n) is 18.3. The Hall–Kier alpha value is -0.121. The third kappa shape index (κ3) is 9.27. The number of hydrogen-bond acceptors (Lipinski definition) is 5. The molecular formula is C22H39O5PSe. The summed E-state index contributed by atoms with van der Waals surface area (Å²) in [5.74, 6) is 1.25. The Morgan fingerprint density at radius 2 is 1.93 bits per heavy atom. The van der Waals surface area contributed by atoms with Crippen LogP contribution in [0.4, 0.5) is 0 Å². The molecule has 2 aliphatic rings. The molecule has 0 aromatic heterocycles. The van der Waals surface area contributed by atoms with Crippen molar-refractivity contribution in [2.45, 2.75) is 88.4 Å². The quantitative estimate of drug-likeness (QED) is 0.179. The maximum absolute atomic E-state index is 12.8. The van der Waals surface area contributed by atoms with E-state index in [-0.39, 0.29) is 27.0 Å². The summed E-state index contributed by atoms with van der Waals surface area (Å²) < 4.78 is 29.3. The molecule has 0 saturated heterocycles. The average Bonchev–Trinajstić information content (AvgIpc) is 3.08. The van der Waals surface area contributed by atoms with Crippen LogP contribution in [0.5, 0.6) is 0 Å². The molecule has 2 rings (SSSR count). The molecule has 0 bridgehead atoms. The molecule has 1 aliphatic heterocycles. The van der Waals surface area contributed by atoms with Crippen molar-refractivity contribution in [1.82, 2.24) is 0 Å². The zero-order chi connectivity index (χ0) is 21.1. The minimum absolute atomic E-state index is 0.0135. The second-order valence-electron chi connectivity index (χ2n) is 8.12. The third-order valence-corrected chi connectivity index (χ3v) is 11.2. The van der Waals surface area contributed by atoms with E-state index in [0.717, 1.165) is 31.0 Å². The summed E-state index contributed by atoms with van der Waals surface area (Å²) in [6.45, 7) is 6.48. The van der Waals surface area contributed by atoms with Crippen molar-refractivity contribution < 1.29 is 23.1 Å². The van der Waals surface area contributed by atoms with Gasteiger partial charge in [0.25, 0.3) is 0 Å². The van der Waals surface area contributed by atoms with Gasteiger partial charge in [0.15, 0.2) is 0 Å². The van der Waals surface area contributed by atoms with Gasteiger partial charge in [-0.3, -0.25) is 0 Å². The third-order valence-electron chi connectivity index (χ3n) is 5.75. The number of ether oxygens (including phenoxy) is 1. The Kier molecular flexibility index (Phi) is 11.6. The molecule has 0 aromatic rings. The first kappa shape index (κ1) is 25.1. The fourth-order valence-electron chi connectivity index (χ4n) is 4.36. The second-order valence-corrected chi connectivity index (χ2v) is 13.3. The fourth-order valence-corrected chi connectivity index (χ4v) is 9.92. The Morgan fingerprint density at radius 3 is 2.66 bits per heavy atom. The number of fused-ring (bicyclic) bond motifs is 1. The van der Waals surface area contributed by atoms with Gasteiger partial charge in [-0.15, -0.1) is 0 Å². The number of hydrogen-bond donors (Lipinski definition) is 0. The van der Waals surface area contributed by atoms with Gasteiger partial charge in [-0.05, 0) is 0 Å². The number of esters is 1. The van der Waals surface area contributed by atoms with Crippen molar-refractivity contribution in [3.8, 4) is 0 Å². The summed E-state index contributed by atoms with van der Waals surface area (Å²) in [6, 6.07) is 0. The molecule has 1 fully saturated rings. The molecule has 0 radical (unpaired) electrons. The van der Waals surface area contributed by atoms with Gasteiger partial charge in [0.1, 0.15) is 0 Å². The van der Waals surface area contributed by atoms with Gasteiger partial charge >= 0.3 is 183 Å². The minimum atomic E-state index is -3.00. The monoisotopic (exact) mass is 494 g/mol. The van der Waals surface area contributed by atoms with Gasteiger partial charge in [-0.1, -0.05) is 0 Å². The molecule has 168 valence electrons. The number of cyclic esters (lactones) is 1. The van der Waals surface area contributed by atoms with E-state index in [1.165, 1.54) is 19.3 Å². The topological polar surface area (TPSA) is 61.8 Å². The first-order valence-corrected chi connectivity index (χ1v) is 15.2. The molecule has 1 aliphatic carbocycles. The van der Waals surface area contributed by atoms with Crippen LogP contribution >= 0.6 is 7.60 Å². The van der Waals surface area contributed by atoms with Crippen LogP contribution in [0.1, 0.15) is 72.1 Å². The van der Waals surface area contributed by atoms with Gasteiger partial charge in [-0.2, -0.15) is 0 Å². The van der Waals surface area contributed by atoms with Crippen molar-refractivity contribution in [2.24, 2.45) is 11.8 Å². The van der Waals surface area contributed by atoms with Gasteiger partial charge in [0.05, 0.1) is 0 Å². The van der Waals surface area contributed by atoms with E-state index < -0.39 is 7.60 Å². The molecule has 0 N–H and O–H groups in total. The van der Waals surface area contributed by atoms with Gasteiger partial charge < -0.3 is 0 Å². The summed E-state index contributed by atoms with van der Waals surface area (Å²) in [6.07, 6.45) is 13.7. The molecule has 2 unspecified atom stereocenters. The van der Waals surface area contributed by atoms with Crippen molar-refractivity contribution >= 4 is 28.5 Å². The van der Waals surface area contributed by atoms with E-state index in [0.29, 0.717) is 42.4 Å². The zero-order valence-corrected chi connectivity index (χ0v) is 21.0. The Morgan fingerprint density at radius 1 is 1.17 bits per heavy atom. The summed E-state index contributed by atoms with van der Waals surface area (Å²) in [5, 5.41) is 0.811. The van der Waals surface area contributed by atoms with Crippen LogP contribution in [0.15, 0.2) is 12.2 Å². The summed E-state index contributed by atoms with van der Waals surface area (Å²) in [4.78, 5) is 12.9. The first-order valence-electron chi connectivity index (χ1n) is 11.3. The van der Waals surface area contributed by atoms with E-state index in [9.17, 15) is 9.36 Å². The van der Waals surface area contributed by atoms with E-state index in [2.05, 4.69) is 12.2 Å². The van der Waals surface area contributed by atoms with Crippen LogP contribution in [0.2, 0.25) is 10.1 Å². The van der Waals surface area contributed by atoms with Crippen LogP contribution in [0.25, 0.3) is 0 Å².